The number of aromatic amines is 1. The van der Waals surface area contributed by atoms with E-state index >= 15 is 0 Å². The van der Waals surface area contributed by atoms with Gasteiger partial charge in [0.15, 0.2) is 11.6 Å². The van der Waals surface area contributed by atoms with Crippen molar-refractivity contribution in [3.05, 3.63) is 76.3 Å². The Morgan fingerprint density at radius 3 is 2.92 bits per heavy atom. The lowest BCUT2D eigenvalue weighted by molar-refractivity contribution is 0.312. The largest absolute Gasteiger partial charge is 0.495 e. The summed E-state index contributed by atoms with van der Waals surface area (Å²) in [6, 6.07) is 12.3. The number of tetrazole rings is 1. The first-order valence-electron chi connectivity index (χ1n) is 11.6. The Morgan fingerprint density at radius 1 is 1.19 bits per heavy atom. The van der Waals surface area contributed by atoms with Crippen LogP contribution in [0.4, 0.5) is 11.6 Å². The molecule has 2 aromatic carbocycles. The van der Waals surface area contributed by atoms with Crippen molar-refractivity contribution in [2.24, 2.45) is 0 Å². The molecule has 0 amide bonds. The monoisotopic (exact) mass is 501 g/mol. The highest BCUT2D eigenvalue weighted by Crippen LogP contribution is 2.34. The summed E-state index contributed by atoms with van der Waals surface area (Å²) in [5, 5.41) is 19.2. The molecule has 36 heavy (non-hydrogen) atoms. The summed E-state index contributed by atoms with van der Waals surface area (Å²) >= 11 is 6.61. The summed E-state index contributed by atoms with van der Waals surface area (Å²) in [6.45, 7) is 1.92. The van der Waals surface area contributed by atoms with Gasteiger partial charge in [-0.1, -0.05) is 35.0 Å². The molecule has 0 radical (unpaired) electrons. The van der Waals surface area contributed by atoms with Crippen molar-refractivity contribution in [3.63, 3.8) is 0 Å². The SMILES string of the molecule is COc1cc2c(cc1Nc1ncc(Cl)c(-n3cc(Cc4nn[nH]n4)c4ccccc43)n1)CN(C)CC2. The average molecular weight is 502 g/mol. The van der Waals surface area contributed by atoms with Crippen LogP contribution in [0.25, 0.3) is 16.7 Å². The van der Waals surface area contributed by atoms with Gasteiger partial charge in [-0.05, 0) is 48.4 Å². The Kier molecular flexibility index (Phi) is 5.74. The number of nitrogens with zero attached hydrogens (tertiary/aromatic N) is 7. The molecule has 0 saturated carbocycles. The number of aromatic nitrogens is 7. The molecule has 0 unspecified atom stereocenters. The number of rotatable bonds is 6. The van der Waals surface area contributed by atoms with Gasteiger partial charge in [0.1, 0.15) is 10.8 Å². The molecule has 0 bridgehead atoms. The van der Waals surface area contributed by atoms with Gasteiger partial charge in [-0.15, -0.1) is 10.2 Å². The number of benzene rings is 2. The van der Waals surface area contributed by atoms with Crippen LogP contribution in [-0.4, -0.2) is 60.8 Å². The highest BCUT2D eigenvalue weighted by Gasteiger charge is 2.19. The molecular formula is C25H24ClN9O. The van der Waals surface area contributed by atoms with Gasteiger partial charge in [-0.2, -0.15) is 10.2 Å². The van der Waals surface area contributed by atoms with Crippen LogP contribution in [0.3, 0.4) is 0 Å². The molecular weight excluding hydrogens is 478 g/mol. The second-order valence-electron chi connectivity index (χ2n) is 8.85. The zero-order valence-electron chi connectivity index (χ0n) is 19.9. The number of fused-ring (bicyclic) bond motifs is 2. The van der Waals surface area contributed by atoms with E-state index in [1.165, 1.54) is 11.1 Å². The molecule has 182 valence electrons. The molecule has 4 heterocycles. The Bertz CT molecular complexity index is 1550. The number of para-hydroxylation sites is 1. The summed E-state index contributed by atoms with van der Waals surface area (Å²) in [5.74, 6) is 2.36. The van der Waals surface area contributed by atoms with Crippen LogP contribution in [0.1, 0.15) is 22.5 Å². The smallest absolute Gasteiger partial charge is 0.229 e. The lowest BCUT2D eigenvalue weighted by Crippen LogP contribution is -2.26. The van der Waals surface area contributed by atoms with Crippen molar-refractivity contribution >= 4 is 34.1 Å². The number of hydrogen-bond acceptors (Lipinski definition) is 8. The number of hydrogen-bond donors (Lipinski definition) is 2. The second-order valence-corrected chi connectivity index (χ2v) is 9.25. The number of methoxy groups -OCH3 is 1. The average Bonchev–Trinajstić information content (AvgIpc) is 3.53. The first-order chi connectivity index (χ1) is 17.6. The van der Waals surface area contributed by atoms with Crippen LogP contribution < -0.4 is 10.1 Å². The molecule has 6 rings (SSSR count). The molecule has 5 aromatic rings. The number of H-pyrrole nitrogens is 1. The van der Waals surface area contributed by atoms with Crippen LogP contribution in [0.2, 0.25) is 5.02 Å². The topological polar surface area (TPSA) is 110 Å². The normalized spacial score (nSPS) is 13.6. The zero-order chi connectivity index (χ0) is 24.6. The minimum absolute atomic E-state index is 0.425. The van der Waals surface area contributed by atoms with E-state index in [2.05, 4.69) is 61.1 Å². The van der Waals surface area contributed by atoms with Gasteiger partial charge >= 0.3 is 0 Å². The van der Waals surface area contributed by atoms with Crippen molar-refractivity contribution in [2.75, 3.05) is 26.0 Å². The zero-order valence-corrected chi connectivity index (χ0v) is 20.6. The van der Waals surface area contributed by atoms with Crippen LogP contribution in [0, 0.1) is 0 Å². The minimum atomic E-state index is 0.425. The molecule has 1 aliphatic rings. The third kappa shape index (κ3) is 4.14. The van der Waals surface area contributed by atoms with E-state index < -0.39 is 0 Å². The van der Waals surface area contributed by atoms with Gasteiger partial charge in [0.05, 0.1) is 24.5 Å². The van der Waals surface area contributed by atoms with Crippen molar-refractivity contribution < 1.29 is 4.74 Å². The summed E-state index contributed by atoms with van der Waals surface area (Å²) < 4.78 is 7.65. The van der Waals surface area contributed by atoms with E-state index in [0.29, 0.717) is 29.0 Å². The van der Waals surface area contributed by atoms with Crippen molar-refractivity contribution in [1.29, 1.82) is 0 Å². The minimum Gasteiger partial charge on any atom is -0.495 e. The molecule has 0 fully saturated rings. The van der Waals surface area contributed by atoms with Gasteiger partial charge < -0.3 is 15.0 Å². The second kappa shape index (κ2) is 9.21. The molecule has 1 aliphatic heterocycles. The Labute approximate surface area is 212 Å². The molecule has 11 heteroatoms. The maximum absolute atomic E-state index is 6.61. The van der Waals surface area contributed by atoms with Crippen LogP contribution >= 0.6 is 11.6 Å². The predicted octanol–water partition coefficient (Wildman–Crippen LogP) is 3.92. The van der Waals surface area contributed by atoms with Gasteiger partial charge in [0.2, 0.25) is 5.95 Å². The molecule has 2 N–H and O–H groups in total. The standard InChI is InChI=1S/C25H24ClN9O/c1-34-8-7-15-10-22(36-2)20(9-16(15)13-34)28-25-27-12-19(26)24(29-25)35-14-17(11-23-30-32-33-31-23)18-5-3-4-6-21(18)35/h3-6,9-10,12,14H,7-8,11,13H2,1-2H3,(H,27,28,29)(H,30,31,32,33). The van der Waals surface area contributed by atoms with E-state index in [-0.39, 0.29) is 0 Å². The quantitative estimate of drug-likeness (QED) is 0.360. The number of nitrogens with one attached hydrogen (secondary N) is 2. The first kappa shape index (κ1) is 22.4. The van der Waals surface area contributed by atoms with Crippen LogP contribution in [0.5, 0.6) is 5.75 Å². The van der Waals surface area contributed by atoms with Gasteiger partial charge in [0, 0.05) is 31.1 Å². The van der Waals surface area contributed by atoms with Crippen molar-refractivity contribution in [1.82, 2.24) is 40.1 Å². The Hall–Kier alpha value is -4.02. The summed E-state index contributed by atoms with van der Waals surface area (Å²) in [7, 11) is 3.80. The van der Waals surface area contributed by atoms with E-state index in [0.717, 1.165) is 47.4 Å². The summed E-state index contributed by atoms with van der Waals surface area (Å²) in [4.78, 5) is 11.5. The summed E-state index contributed by atoms with van der Waals surface area (Å²) in [6.07, 6.45) is 5.14. The number of likely N-dealkylation sites (N-methyl/N-ethyl adjacent to an activating group) is 1. The van der Waals surface area contributed by atoms with Crippen molar-refractivity contribution in [2.45, 2.75) is 19.4 Å². The first-order valence-corrected chi connectivity index (χ1v) is 12.0. The van der Waals surface area contributed by atoms with Crippen molar-refractivity contribution in [3.8, 4) is 11.6 Å². The molecule has 0 spiro atoms. The van der Waals surface area contributed by atoms with Gasteiger partial charge in [0.25, 0.3) is 0 Å². The maximum Gasteiger partial charge on any atom is 0.229 e. The predicted molar refractivity (Wildman–Crippen MR) is 137 cm³/mol. The highest BCUT2D eigenvalue weighted by molar-refractivity contribution is 6.32. The Balaban J connectivity index is 1.39. The Morgan fingerprint density at radius 2 is 2.08 bits per heavy atom. The van der Waals surface area contributed by atoms with Crippen LogP contribution in [0.15, 0.2) is 48.8 Å². The third-order valence-corrected chi connectivity index (χ3v) is 6.72. The molecule has 0 atom stereocenters. The fourth-order valence-corrected chi connectivity index (χ4v) is 4.88. The fraction of sp³-hybridized carbons (Fsp3) is 0.240. The number of anilines is 2. The highest BCUT2D eigenvalue weighted by atomic mass is 35.5. The lowest BCUT2D eigenvalue weighted by atomic mass is 9.99. The lowest BCUT2D eigenvalue weighted by Gasteiger charge is -2.26. The van der Waals surface area contributed by atoms with E-state index in [4.69, 9.17) is 21.3 Å². The third-order valence-electron chi connectivity index (χ3n) is 6.46. The fourth-order valence-electron chi connectivity index (χ4n) is 4.70. The van der Waals surface area contributed by atoms with Gasteiger partial charge in [-0.25, -0.2) is 4.98 Å². The number of halogens is 1. The van der Waals surface area contributed by atoms with E-state index in [9.17, 15) is 0 Å². The molecule has 10 nitrogen and oxygen atoms in total. The maximum atomic E-state index is 6.61. The van der Waals surface area contributed by atoms with Gasteiger partial charge in [-0.3, -0.25) is 4.57 Å². The summed E-state index contributed by atoms with van der Waals surface area (Å²) in [5.41, 5.74) is 5.40. The van der Waals surface area contributed by atoms with E-state index in [1.807, 2.05) is 29.0 Å². The molecule has 0 saturated heterocycles. The molecule has 3 aromatic heterocycles. The molecule has 0 aliphatic carbocycles. The van der Waals surface area contributed by atoms with E-state index in [1.54, 1.807) is 13.3 Å². The number of ether oxygens (including phenoxy) is 1. The van der Waals surface area contributed by atoms with Crippen LogP contribution in [-0.2, 0) is 19.4 Å².